The second kappa shape index (κ2) is 9.00. The van der Waals surface area contributed by atoms with Gasteiger partial charge in [0, 0.05) is 30.6 Å². The number of hydrogen-bond acceptors (Lipinski definition) is 6. The fraction of sp³-hybridized carbons (Fsp3) is 0.304. The smallest absolute Gasteiger partial charge is 0.308 e. The van der Waals surface area contributed by atoms with Gasteiger partial charge < -0.3 is 19.3 Å². The molecule has 0 bridgehead atoms. The number of carboxylic acid groups (broad SMARTS) is 1. The van der Waals surface area contributed by atoms with Crippen LogP contribution in [0.1, 0.15) is 25.8 Å². The van der Waals surface area contributed by atoms with Crippen LogP contribution in [0.5, 0.6) is 5.75 Å². The summed E-state index contributed by atoms with van der Waals surface area (Å²) in [6.07, 6.45) is 0.0625. The lowest BCUT2D eigenvalue weighted by molar-refractivity contribution is -0.141. The normalized spacial score (nSPS) is 16.1. The Labute approximate surface area is 189 Å². The highest BCUT2D eigenvalue weighted by Crippen LogP contribution is 2.31. The van der Waals surface area contributed by atoms with Gasteiger partial charge in [-0.3, -0.25) is 9.59 Å². The van der Waals surface area contributed by atoms with Crippen molar-refractivity contribution in [2.75, 3.05) is 6.54 Å². The molecule has 0 saturated carbocycles. The third-order valence-electron chi connectivity index (χ3n) is 5.12. The van der Waals surface area contributed by atoms with Crippen molar-refractivity contribution in [3.05, 3.63) is 53.1 Å². The molecule has 1 aromatic heterocycles. The molecule has 2 heterocycles. The lowest BCUT2D eigenvalue weighted by Gasteiger charge is -2.16. The Kier molecular flexibility index (Phi) is 6.14. The molecule has 3 aromatic rings. The van der Waals surface area contributed by atoms with Crippen molar-refractivity contribution in [1.29, 1.82) is 0 Å². The molecule has 32 heavy (non-hydrogen) atoms. The molecule has 0 radical (unpaired) electrons. The van der Waals surface area contributed by atoms with Crippen LogP contribution in [0.2, 0.25) is 5.02 Å². The second-order valence-corrected chi connectivity index (χ2v) is 8.35. The minimum absolute atomic E-state index is 0.0142. The number of hydrogen-bond donors (Lipinski definition) is 1. The first-order valence-electron chi connectivity index (χ1n) is 10.2. The SMILES string of the molecule is CC(C)Oc1ccc(-c2noc(-c3ccc(CN4CC(C(=O)O)CC4=O)cc3)n2)cc1Cl. The molecule has 2 aromatic carbocycles. The molecule has 4 rings (SSSR count). The number of aliphatic carboxylic acids is 1. The van der Waals surface area contributed by atoms with Crippen LogP contribution in [-0.2, 0) is 16.1 Å². The van der Waals surface area contributed by atoms with E-state index in [0.29, 0.717) is 34.6 Å². The number of carbonyl (C=O) groups excluding carboxylic acids is 1. The number of likely N-dealkylation sites (tertiary alicyclic amines) is 1. The largest absolute Gasteiger partial charge is 0.489 e. The number of rotatable bonds is 7. The van der Waals surface area contributed by atoms with E-state index >= 15 is 0 Å². The molecule has 1 amide bonds. The average Bonchev–Trinajstić information content (AvgIpc) is 3.38. The summed E-state index contributed by atoms with van der Waals surface area (Å²) in [6, 6.07) is 12.7. The molecular formula is C23H22ClN3O5. The van der Waals surface area contributed by atoms with Gasteiger partial charge in [0.05, 0.1) is 17.0 Å². The number of benzene rings is 2. The third kappa shape index (κ3) is 4.75. The van der Waals surface area contributed by atoms with Gasteiger partial charge in [-0.25, -0.2) is 0 Å². The number of halogens is 1. The molecule has 1 aliphatic heterocycles. The minimum atomic E-state index is -0.938. The van der Waals surface area contributed by atoms with Crippen LogP contribution < -0.4 is 4.74 Å². The Balaban J connectivity index is 1.45. The molecule has 1 unspecified atom stereocenters. The Morgan fingerprint density at radius 3 is 2.59 bits per heavy atom. The zero-order valence-corrected chi connectivity index (χ0v) is 18.4. The fourth-order valence-corrected chi connectivity index (χ4v) is 3.74. The Morgan fingerprint density at radius 2 is 1.97 bits per heavy atom. The van der Waals surface area contributed by atoms with Crippen molar-refractivity contribution in [3.8, 4) is 28.6 Å². The van der Waals surface area contributed by atoms with Crippen molar-refractivity contribution in [1.82, 2.24) is 15.0 Å². The van der Waals surface area contributed by atoms with Crippen LogP contribution in [0.15, 0.2) is 47.0 Å². The summed E-state index contributed by atoms with van der Waals surface area (Å²) in [5, 5.41) is 13.6. The Morgan fingerprint density at radius 1 is 1.25 bits per heavy atom. The van der Waals surface area contributed by atoms with Crippen LogP contribution in [0.3, 0.4) is 0 Å². The predicted molar refractivity (Wildman–Crippen MR) is 117 cm³/mol. The number of amides is 1. The van der Waals surface area contributed by atoms with E-state index in [4.69, 9.17) is 26.0 Å². The van der Waals surface area contributed by atoms with Crippen molar-refractivity contribution in [3.63, 3.8) is 0 Å². The van der Waals surface area contributed by atoms with Crippen LogP contribution in [-0.4, -0.2) is 44.7 Å². The van der Waals surface area contributed by atoms with Crippen molar-refractivity contribution < 1.29 is 24.0 Å². The zero-order chi connectivity index (χ0) is 22.8. The highest BCUT2D eigenvalue weighted by Gasteiger charge is 2.34. The van der Waals surface area contributed by atoms with Gasteiger partial charge >= 0.3 is 5.97 Å². The molecule has 0 aliphatic carbocycles. The quantitative estimate of drug-likeness (QED) is 0.566. The molecule has 1 aliphatic rings. The second-order valence-electron chi connectivity index (χ2n) is 7.95. The molecule has 1 atom stereocenters. The summed E-state index contributed by atoms with van der Waals surface area (Å²) in [7, 11) is 0. The number of carboxylic acids is 1. The molecular weight excluding hydrogens is 434 g/mol. The summed E-state index contributed by atoms with van der Waals surface area (Å²) in [4.78, 5) is 29.2. The van der Waals surface area contributed by atoms with E-state index in [0.717, 1.165) is 11.1 Å². The lowest BCUT2D eigenvalue weighted by Crippen LogP contribution is -2.25. The van der Waals surface area contributed by atoms with Gasteiger partial charge in [0.25, 0.3) is 5.89 Å². The molecule has 1 saturated heterocycles. The van der Waals surface area contributed by atoms with Crippen molar-refractivity contribution >= 4 is 23.5 Å². The van der Waals surface area contributed by atoms with E-state index in [9.17, 15) is 9.59 Å². The highest BCUT2D eigenvalue weighted by molar-refractivity contribution is 6.32. The number of ether oxygens (including phenoxy) is 1. The van der Waals surface area contributed by atoms with Gasteiger partial charge in [0.1, 0.15) is 5.75 Å². The van der Waals surface area contributed by atoms with Crippen LogP contribution in [0, 0.1) is 5.92 Å². The number of aromatic nitrogens is 2. The van der Waals surface area contributed by atoms with Gasteiger partial charge in [-0.1, -0.05) is 28.9 Å². The summed E-state index contributed by atoms with van der Waals surface area (Å²) < 4.78 is 11.0. The van der Waals surface area contributed by atoms with Gasteiger partial charge in [-0.15, -0.1) is 0 Å². The predicted octanol–water partition coefficient (Wildman–Crippen LogP) is 4.28. The zero-order valence-electron chi connectivity index (χ0n) is 17.6. The van der Waals surface area contributed by atoms with E-state index in [1.54, 1.807) is 17.0 Å². The third-order valence-corrected chi connectivity index (χ3v) is 5.41. The molecule has 166 valence electrons. The lowest BCUT2D eigenvalue weighted by atomic mass is 10.1. The van der Waals surface area contributed by atoms with E-state index in [1.807, 2.05) is 44.2 Å². The summed E-state index contributed by atoms with van der Waals surface area (Å²) in [5.41, 5.74) is 2.33. The van der Waals surface area contributed by atoms with Gasteiger partial charge in [-0.05, 0) is 49.7 Å². The molecule has 1 N–H and O–H groups in total. The maximum Gasteiger partial charge on any atom is 0.308 e. The maximum absolute atomic E-state index is 12.0. The van der Waals surface area contributed by atoms with E-state index < -0.39 is 11.9 Å². The Hall–Kier alpha value is -3.39. The maximum atomic E-state index is 12.0. The Bertz CT molecular complexity index is 1140. The van der Waals surface area contributed by atoms with E-state index in [-0.39, 0.29) is 25.0 Å². The van der Waals surface area contributed by atoms with Crippen molar-refractivity contribution in [2.24, 2.45) is 5.92 Å². The van der Waals surface area contributed by atoms with Crippen LogP contribution in [0.25, 0.3) is 22.8 Å². The standard InChI is InChI=1S/C23H22ClN3O5/c1-13(2)31-19-8-7-16(9-18(19)24)21-25-22(32-26-21)15-5-3-14(4-6-15)11-27-12-17(23(29)30)10-20(27)28/h3-9,13,17H,10-12H2,1-2H3,(H,29,30). The van der Waals surface area contributed by atoms with Crippen molar-refractivity contribution in [2.45, 2.75) is 32.9 Å². The first-order chi connectivity index (χ1) is 15.3. The van der Waals surface area contributed by atoms with E-state index in [1.165, 1.54) is 0 Å². The van der Waals surface area contributed by atoms with Gasteiger partial charge in [-0.2, -0.15) is 4.98 Å². The van der Waals surface area contributed by atoms with Crippen LogP contribution in [0.4, 0.5) is 0 Å². The average molecular weight is 456 g/mol. The fourth-order valence-electron chi connectivity index (χ4n) is 3.51. The van der Waals surface area contributed by atoms with E-state index in [2.05, 4.69) is 10.1 Å². The van der Waals surface area contributed by atoms with Crippen LogP contribution >= 0.6 is 11.6 Å². The molecule has 9 heteroatoms. The topological polar surface area (TPSA) is 106 Å². The molecule has 1 fully saturated rings. The van der Waals surface area contributed by atoms with Gasteiger partial charge in [0.2, 0.25) is 11.7 Å². The monoisotopic (exact) mass is 455 g/mol. The summed E-state index contributed by atoms with van der Waals surface area (Å²) >= 11 is 6.30. The highest BCUT2D eigenvalue weighted by atomic mass is 35.5. The minimum Gasteiger partial charge on any atom is -0.489 e. The first-order valence-corrected chi connectivity index (χ1v) is 10.6. The number of nitrogens with zero attached hydrogens (tertiary/aromatic N) is 3. The molecule has 8 nitrogen and oxygen atoms in total. The first kappa shape index (κ1) is 21.8. The summed E-state index contributed by atoms with van der Waals surface area (Å²) in [5.74, 6) is -0.370. The van der Waals surface area contributed by atoms with Gasteiger partial charge in [0.15, 0.2) is 0 Å². The molecule has 0 spiro atoms. The summed E-state index contributed by atoms with van der Waals surface area (Å²) in [6.45, 7) is 4.45. The number of carbonyl (C=O) groups is 2.